The van der Waals surface area contributed by atoms with Crippen LogP contribution in [0.4, 0.5) is 0 Å². The Morgan fingerprint density at radius 2 is 1.85 bits per heavy atom. The third kappa shape index (κ3) is 3.93. The molecule has 0 saturated heterocycles. The number of amides is 1. The van der Waals surface area contributed by atoms with E-state index in [1.807, 2.05) is 34.6 Å². The van der Waals surface area contributed by atoms with Crippen LogP contribution in [-0.2, 0) is 4.79 Å². The molecular weight excluding hydrogens is 164 g/mol. The van der Waals surface area contributed by atoms with E-state index in [9.17, 15) is 4.79 Å². The third-order valence-electron chi connectivity index (χ3n) is 1.77. The van der Waals surface area contributed by atoms with Gasteiger partial charge in [-0.2, -0.15) is 5.26 Å². The first-order chi connectivity index (χ1) is 5.79. The fourth-order valence-electron chi connectivity index (χ4n) is 0.706. The maximum Gasteiger partial charge on any atom is 0.226 e. The van der Waals surface area contributed by atoms with Gasteiger partial charge in [-0.1, -0.05) is 34.6 Å². The van der Waals surface area contributed by atoms with E-state index in [2.05, 4.69) is 11.4 Å². The molecule has 0 spiro atoms. The minimum absolute atomic E-state index is 0.0762. The topological polar surface area (TPSA) is 52.9 Å². The Morgan fingerprint density at radius 3 is 2.08 bits per heavy atom. The highest BCUT2D eigenvalue weighted by molar-refractivity contribution is 5.81. The Kier molecular flexibility index (Phi) is 3.93. The molecule has 0 bridgehead atoms. The van der Waals surface area contributed by atoms with Gasteiger partial charge in [0, 0.05) is 5.41 Å². The summed E-state index contributed by atoms with van der Waals surface area (Å²) in [5.74, 6) is 0.0732. The quantitative estimate of drug-likeness (QED) is 0.706. The van der Waals surface area contributed by atoms with Gasteiger partial charge in [0.05, 0.1) is 6.07 Å². The van der Waals surface area contributed by atoms with E-state index in [4.69, 9.17) is 5.26 Å². The van der Waals surface area contributed by atoms with Gasteiger partial charge in [0.1, 0.15) is 6.04 Å². The van der Waals surface area contributed by atoms with Crippen LogP contribution in [0.15, 0.2) is 0 Å². The highest BCUT2D eigenvalue weighted by atomic mass is 16.2. The first-order valence-corrected chi connectivity index (χ1v) is 4.49. The molecule has 0 aliphatic heterocycles. The molecule has 0 aliphatic rings. The van der Waals surface area contributed by atoms with Gasteiger partial charge in [-0.05, 0) is 5.92 Å². The summed E-state index contributed by atoms with van der Waals surface area (Å²) >= 11 is 0. The molecule has 0 unspecified atom stereocenters. The fraction of sp³-hybridized carbons (Fsp3) is 0.800. The van der Waals surface area contributed by atoms with Crippen LogP contribution in [-0.4, -0.2) is 11.9 Å². The van der Waals surface area contributed by atoms with Crippen LogP contribution in [0, 0.1) is 22.7 Å². The molecule has 1 amide bonds. The number of nitrogens with zero attached hydrogens (tertiary/aromatic N) is 1. The molecule has 1 atom stereocenters. The highest BCUT2D eigenvalue weighted by Crippen LogP contribution is 2.13. The molecular formula is C10H18N2O. The minimum Gasteiger partial charge on any atom is -0.340 e. The highest BCUT2D eigenvalue weighted by Gasteiger charge is 2.24. The number of carbonyl (C=O) groups is 1. The predicted molar refractivity (Wildman–Crippen MR) is 51.8 cm³/mol. The summed E-state index contributed by atoms with van der Waals surface area (Å²) in [6, 6.07) is 1.69. The molecule has 0 fully saturated rings. The van der Waals surface area contributed by atoms with Crippen molar-refractivity contribution in [2.24, 2.45) is 11.3 Å². The van der Waals surface area contributed by atoms with Crippen molar-refractivity contribution in [2.75, 3.05) is 0 Å². The molecule has 0 rings (SSSR count). The summed E-state index contributed by atoms with van der Waals surface area (Å²) in [5.41, 5.74) is -0.427. The van der Waals surface area contributed by atoms with Crippen molar-refractivity contribution < 1.29 is 4.79 Å². The Morgan fingerprint density at radius 1 is 1.38 bits per heavy atom. The molecule has 74 valence electrons. The zero-order valence-corrected chi connectivity index (χ0v) is 9.01. The second-order valence-corrected chi connectivity index (χ2v) is 4.57. The second-order valence-electron chi connectivity index (χ2n) is 4.57. The van der Waals surface area contributed by atoms with Crippen molar-refractivity contribution in [3.8, 4) is 6.07 Å². The second kappa shape index (κ2) is 4.27. The molecule has 1 N–H and O–H groups in total. The van der Waals surface area contributed by atoms with E-state index in [0.29, 0.717) is 0 Å². The first-order valence-electron chi connectivity index (χ1n) is 4.49. The molecule has 0 aliphatic carbocycles. The average Bonchev–Trinajstić information content (AvgIpc) is 1.96. The van der Waals surface area contributed by atoms with E-state index in [1.165, 1.54) is 0 Å². The SMILES string of the molecule is CC(C)[C@H](C#N)NC(=O)C(C)(C)C. The number of rotatable bonds is 2. The summed E-state index contributed by atoms with van der Waals surface area (Å²) in [4.78, 5) is 11.5. The summed E-state index contributed by atoms with van der Waals surface area (Å²) < 4.78 is 0. The van der Waals surface area contributed by atoms with Gasteiger partial charge < -0.3 is 5.32 Å². The standard InChI is InChI=1S/C10H18N2O/c1-7(2)8(6-11)12-9(13)10(3,4)5/h7-8H,1-5H3,(H,12,13)/t8-/m0/s1. The van der Waals surface area contributed by atoms with Crippen LogP contribution in [0.3, 0.4) is 0 Å². The van der Waals surface area contributed by atoms with E-state index in [1.54, 1.807) is 0 Å². The molecule has 0 aromatic carbocycles. The number of nitriles is 1. The predicted octanol–water partition coefficient (Wildman–Crippen LogP) is 1.70. The number of carbonyl (C=O) groups excluding carboxylic acids is 1. The fourth-order valence-corrected chi connectivity index (χ4v) is 0.706. The third-order valence-corrected chi connectivity index (χ3v) is 1.77. The van der Waals surface area contributed by atoms with Gasteiger partial charge >= 0.3 is 0 Å². The van der Waals surface area contributed by atoms with Crippen molar-refractivity contribution >= 4 is 5.91 Å². The minimum atomic E-state index is -0.427. The van der Waals surface area contributed by atoms with Gasteiger partial charge in [0.2, 0.25) is 5.91 Å². The molecule has 0 aromatic rings. The monoisotopic (exact) mass is 182 g/mol. The van der Waals surface area contributed by atoms with E-state index >= 15 is 0 Å². The summed E-state index contributed by atoms with van der Waals surface area (Å²) in [7, 11) is 0. The van der Waals surface area contributed by atoms with Crippen LogP contribution < -0.4 is 5.32 Å². The van der Waals surface area contributed by atoms with E-state index in [0.717, 1.165) is 0 Å². The lowest BCUT2D eigenvalue weighted by Gasteiger charge is -2.22. The Labute approximate surface area is 80.1 Å². The molecule has 3 heteroatoms. The lowest BCUT2D eigenvalue weighted by molar-refractivity contribution is -0.129. The first kappa shape index (κ1) is 12.0. The average molecular weight is 182 g/mol. The lowest BCUT2D eigenvalue weighted by atomic mass is 9.94. The molecule has 0 heterocycles. The number of hydrogen-bond acceptors (Lipinski definition) is 2. The summed E-state index contributed by atoms with van der Waals surface area (Å²) in [5, 5.41) is 11.5. The molecule has 0 radical (unpaired) electrons. The van der Waals surface area contributed by atoms with Crippen LogP contribution in [0.1, 0.15) is 34.6 Å². The summed E-state index contributed by atoms with van der Waals surface area (Å²) in [6.45, 7) is 9.32. The Balaban J connectivity index is 4.29. The van der Waals surface area contributed by atoms with E-state index in [-0.39, 0.29) is 17.9 Å². The van der Waals surface area contributed by atoms with Gasteiger partial charge in [-0.25, -0.2) is 0 Å². The van der Waals surface area contributed by atoms with Crippen molar-refractivity contribution in [1.82, 2.24) is 5.32 Å². The van der Waals surface area contributed by atoms with Crippen LogP contribution in [0.25, 0.3) is 0 Å². The Bertz CT molecular complexity index is 220. The molecule has 3 nitrogen and oxygen atoms in total. The Hall–Kier alpha value is -1.04. The van der Waals surface area contributed by atoms with E-state index < -0.39 is 5.41 Å². The van der Waals surface area contributed by atoms with Gasteiger partial charge in [0.15, 0.2) is 0 Å². The van der Waals surface area contributed by atoms with Crippen molar-refractivity contribution in [3.05, 3.63) is 0 Å². The lowest BCUT2D eigenvalue weighted by Crippen LogP contribution is -2.43. The maximum atomic E-state index is 11.5. The van der Waals surface area contributed by atoms with Gasteiger partial charge in [-0.15, -0.1) is 0 Å². The van der Waals surface area contributed by atoms with Gasteiger partial charge in [0.25, 0.3) is 0 Å². The zero-order chi connectivity index (χ0) is 10.6. The molecule has 0 aromatic heterocycles. The number of hydrogen-bond donors (Lipinski definition) is 1. The van der Waals surface area contributed by atoms with Crippen molar-refractivity contribution in [1.29, 1.82) is 5.26 Å². The largest absolute Gasteiger partial charge is 0.340 e. The van der Waals surface area contributed by atoms with Gasteiger partial charge in [-0.3, -0.25) is 4.79 Å². The maximum absolute atomic E-state index is 11.5. The van der Waals surface area contributed by atoms with Crippen LogP contribution in [0.2, 0.25) is 0 Å². The molecule has 13 heavy (non-hydrogen) atoms. The van der Waals surface area contributed by atoms with Crippen LogP contribution in [0.5, 0.6) is 0 Å². The van der Waals surface area contributed by atoms with Crippen molar-refractivity contribution in [3.63, 3.8) is 0 Å². The number of nitrogens with one attached hydrogen (secondary N) is 1. The van der Waals surface area contributed by atoms with Crippen molar-refractivity contribution in [2.45, 2.75) is 40.7 Å². The van der Waals surface area contributed by atoms with Crippen LogP contribution >= 0.6 is 0 Å². The molecule has 0 saturated carbocycles. The normalized spacial score (nSPS) is 13.6. The smallest absolute Gasteiger partial charge is 0.226 e. The summed E-state index contributed by atoms with van der Waals surface area (Å²) in [6.07, 6.45) is 0. The zero-order valence-electron chi connectivity index (χ0n) is 9.01.